The third-order valence-electron chi connectivity index (χ3n) is 5.13. The Kier molecular flexibility index (Phi) is 7.13. The smallest absolute Gasteiger partial charge is 0.263 e. The standard InChI is InChI=1S/C23H26ClN3O2/c1-17-4-9-21(24)22(14-17)29-18(2)23(28)27-11-3-10-26(12-13-27)16-20-7-5-19(15-25)6-8-20/h4-9,14,18H,3,10-13,16H2,1-2H3. The Balaban J connectivity index is 1.55. The Morgan fingerprint density at radius 3 is 2.66 bits per heavy atom. The molecule has 1 fully saturated rings. The summed E-state index contributed by atoms with van der Waals surface area (Å²) < 4.78 is 5.86. The molecule has 152 valence electrons. The van der Waals surface area contributed by atoms with Crippen molar-refractivity contribution in [2.75, 3.05) is 26.2 Å². The van der Waals surface area contributed by atoms with Crippen LogP contribution in [0, 0.1) is 18.3 Å². The number of aryl methyl sites for hydroxylation is 1. The van der Waals surface area contributed by atoms with Crippen molar-refractivity contribution in [2.45, 2.75) is 32.9 Å². The molecule has 0 spiro atoms. The van der Waals surface area contributed by atoms with E-state index < -0.39 is 6.10 Å². The number of amides is 1. The maximum absolute atomic E-state index is 12.9. The summed E-state index contributed by atoms with van der Waals surface area (Å²) in [5.41, 5.74) is 2.89. The molecule has 6 heteroatoms. The predicted molar refractivity (Wildman–Crippen MR) is 114 cm³/mol. The molecule has 0 radical (unpaired) electrons. The lowest BCUT2D eigenvalue weighted by Gasteiger charge is -2.25. The Morgan fingerprint density at radius 2 is 1.93 bits per heavy atom. The molecule has 1 aliphatic rings. The van der Waals surface area contributed by atoms with Crippen LogP contribution in [-0.4, -0.2) is 48.0 Å². The second-order valence-corrected chi connectivity index (χ2v) is 7.86. The fourth-order valence-electron chi connectivity index (χ4n) is 3.49. The molecule has 2 aromatic rings. The van der Waals surface area contributed by atoms with E-state index in [1.807, 2.05) is 48.2 Å². The minimum atomic E-state index is -0.584. The first-order chi connectivity index (χ1) is 14.0. The number of carbonyl (C=O) groups is 1. The van der Waals surface area contributed by atoms with Gasteiger partial charge in [-0.05, 0) is 55.7 Å². The van der Waals surface area contributed by atoms with Gasteiger partial charge in [0.2, 0.25) is 0 Å². The van der Waals surface area contributed by atoms with Crippen molar-refractivity contribution in [3.8, 4) is 11.8 Å². The maximum Gasteiger partial charge on any atom is 0.263 e. The molecule has 0 N–H and O–H groups in total. The van der Waals surface area contributed by atoms with E-state index in [0.29, 0.717) is 22.9 Å². The van der Waals surface area contributed by atoms with Crippen LogP contribution in [0.3, 0.4) is 0 Å². The molecule has 0 bridgehead atoms. The molecule has 1 saturated heterocycles. The maximum atomic E-state index is 12.9. The SMILES string of the molecule is Cc1ccc(Cl)c(OC(C)C(=O)N2CCCN(Cc3ccc(C#N)cc3)CC2)c1. The van der Waals surface area contributed by atoms with Crippen molar-refractivity contribution in [3.05, 3.63) is 64.2 Å². The van der Waals surface area contributed by atoms with E-state index in [2.05, 4.69) is 11.0 Å². The number of hydrogen-bond donors (Lipinski definition) is 0. The predicted octanol–water partition coefficient (Wildman–Crippen LogP) is 4.02. The molecule has 1 aliphatic heterocycles. The van der Waals surface area contributed by atoms with Crippen LogP contribution in [0.25, 0.3) is 0 Å². The summed E-state index contributed by atoms with van der Waals surface area (Å²) in [7, 11) is 0. The Labute approximate surface area is 177 Å². The highest BCUT2D eigenvalue weighted by molar-refractivity contribution is 6.32. The zero-order valence-corrected chi connectivity index (χ0v) is 17.7. The summed E-state index contributed by atoms with van der Waals surface area (Å²) in [6.45, 7) is 7.70. The normalized spacial score (nSPS) is 16.0. The quantitative estimate of drug-likeness (QED) is 0.745. The monoisotopic (exact) mass is 411 g/mol. The van der Waals surface area contributed by atoms with Gasteiger partial charge in [-0.1, -0.05) is 29.8 Å². The first kappa shape index (κ1) is 21.2. The number of rotatable bonds is 5. The van der Waals surface area contributed by atoms with Gasteiger partial charge in [0.05, 0.1) is 16.7 Å². The van der Waals surface area contributed by atoms with Gasteiger partial charge in [0.15, 0.2) is 6.10 Å². The first-order valence-electron chi connectivity index (χ1n) is 9.89. The molecule has 0 saturated carbocycles. The number of nitriles is 1. The molecule has 1 atom stereocenters. The largest absolute Gasteiger partial charge is 0.479 e. The van der Waals surface area contributed by atoms with Crippen LogP contribution in [0.4, 0.5) is 0 Å². The van der Waals surface area contributed by atoms with Crippen LogP contribution in [-0.2, 0) is 11.3 Å². The van der Waals surface area contributed by atoms with Gasteiger partial charge in [-0.3, -0.25) is 9.69 Å². The lowest BCUT2D eigenvalue weighted by atomic mass is 10.1. The van der Waals surface area contributed by atoms with Crippen molar-refractivity contribution >= 4 is 17.5 Å². The van der Waals surface area contributed by atoms with E-state index in [1.165, 1.54) is 5.56 Å². The van der Waals surface area contributed by atoms with Crippen LogP contribution < -0.4 is 4.74 Å². The van der Waals surface area contributed by atoms with Crippen LogP contribution in [0.15, 0.2) is 42.5 Å². The first-order valence-corrected chi connectivity index (χ1v) is 10.3. The third-order valence-corrected chi connectivity index (χ3v) is 5.44. The van der Waals surface area contributed by atoms with Gasteiger partial charge in [-0.2, -0.15) is 5.26 Å². The highest BCUT2D eigenvalue weighted by Crippen LogP contribution is 2.26. The van der Waals surface area contributed by atoms with E-state index in [-0.39, 0.29) is 5.91 Å². The molecular formula is C23H26ClN3O2. The molecule has 5 nitrogen and oxygen atoms in total. The Hall–Kier alpha value is -2.55. The van der Waals surface area contributed by atoms with Crippen molar-refractivity contribution < 1.29 is 9.53 Å². The highest BCUT2D eigenvalue weighted by Gasteiger charge is 2.25. The van der Waals surface area contributed by atoms with Gasteiger partial charge >= 0.3 is 0 Å². The second-order valence-electron chi connectivity index (χ2n) is 7.46. The summed E-state index contributed by atoms with van der Waals surface area (Å²) in [5.74, 6) is 0.535. The molecule has 0 aliphatic carbocycles. The summed E-state index contributed by atoms with van der Waals surface area (Å²) in [5, 5.41) is 9.43. The van der Waals surface area contributed by atoms with E-state index in [9.17, 15) is 4.79 Å². The van der Waals surface area contributed by atoms with Gasteiger partial charge in [-0.15, -0.1) is 0 Å². The summed E-state index contributed by atoms with van der Waals surface area (Å²) in [6, 6.07) is 15.4. The van der Waals surface area contributed by atoms with E-state index in [4.69, 9.17) is 21.6 Å². The van der Waals surface area contributed by atoms with Crippen LogP contribution in [0.2, 0.25) is 5.02 Å². The van der Waals surface area contributed by atoms with Crippen molar-refractivity contribution in [2.24, 2.45) is 0 Å². The molecule has 1 amide bonds. The fourth-order valence-corrected chi connectivity index (χ4v) is 3.65. The molecule has 1 heterocycles. The minimum absolute atomic E-state index is 0.0113. The molecule has 0 aromatic heterocycles. The number of benzene rings is 2. The van der Waals surface area contributed by atoms with Crippen LogP contribution in [0.5, 0.6) is 5.75 Å². The minimum Gasteiger partial charge on any atom is -0.479 e. The molecular weight excluding hydrogens is 386 g/mol. The highest BCUT2D eigenvalue weighted by atomic mass is 35.5. The van der Waals surface area contributed by atoms with Crippen molar-refractivity contribution in [1.82, 2.24) is 9.80 Å². The van der Waals surface area contributed by atoms with Gasteiger partial charge in [0.25, 0.3) is 5.91 Å². The summed E-state index contributed by atoms with van der Waals surface area (Å²) in [6.07, 6.45) is 0.333. The number of ether oxygens (including phenoxy) is 1. The van der Waals surface area contributed by atoms with Crippen molar-refractivity contribution in [3.63, 3.8) is 0 Å². The number of hydrogen-bond acceptors (Lipinski definition) is 4. The fraction of sp³-hybridized carbons (Fsp3) is 0.391. The summed E-state index contributed by atoms with van der Waals surface area (Å²) >= 11 is 6.20. The van der Waals surface area contributed by atoms with Gasteiger partial charge < -0.3 is 9.64 Å². The molecule has 29 heavy (non-hydrogen) atoms. The van der Waals surface area contributed by atoms with Gasteiger partial charge in [-0.25, -0.2) is 0 Å². The van der Waals surface area contributed by atoms with E-state index in [0.717, 1.165) is 38.2 Å². The van der Waals surface area contributed by atoms with Gasteiger partial charge in [0.1, 0.15) is 5.75 Å². The van der Waals surface area contributed by atoms with Crippen LogP contribution in [0.1, 0.15) is 30.0 Å². The number of nitrogens with zero attached hydrogens (tertiary/aromatic N) is 3. The molecule has 3 rings (SSSR count). The topological polar surface area (TPSA) is 56.6 Å². The van der Waals surface area contributed by atoms with Gasteiger partial charge in [0, 0.05) is 32.7 Å². The Morgan fingerprint density at radius 1 is 1.17 bits per heavy atom. The molecule has 2 aromatic carbocycles. The van der Waals surface area contributed by atoms with E-state index in [1.54, 1.807) is 13.0 Å². The Bertz CT molecular complexity index is 892. The second kappa shape index (κ2) is 9.78. The zero-order valence-electron chi connectivity index (χ0n) is 16.9. The van der Waals surface area contributed by atoms with E-state index >= 15 is 0 Å². The van der Waals surface area contributed by atoms with Crippen LogP contribution >= 0.6 is 11.6 Å². The average Bonchev–Trinajstić information content (AvgIpc) is 2.96. The zero-order chi connectivity index (χ0) is 20.8. The number of halogens is 1. The molecule has 1 unspecified atom stereocenters. The average molecular weight is 412 g/mol. The lowest BCUT2D eigenvalue weighted by molar-refractivity contribution is -0.137. The lowest BCUT2D eigenvalue weighted by Crippen LogP contribution is -2.42. The third kappa shape index (κ3) is 5.72. The summed E-state index contributed by atoms with van der Waals surface area (Å²) in [4.78, 5) is 17.1. The number of carbonyl (C=O) groups excluding carboxylic acids is 1. The van der Waals surface area contributed by atoms with Crippen molar-refractivity contribution in [1.29, 1.82) is 5.26 Å².